The highest BCUT2D eigenvalue weighted by Crippen LogP contribution is 2.32. The molecule has 0 aromatic heterocycles. The van der Waals surface area contributed by atoms with Gasteiger partial charge in [0.25, 0.3) is 5.91 Å². The SMILES string of the molecule is O=C(NC1C(=O)N(C(C(=O)O)c2ccccc2)C1CO)C(=NO)c1ccccc1. The molecule has 1 heterocycles. The fourth-order valence-electron chi connectivity index (χ4n) is 3.33. The number of nitrogens with one attached hydrogen (secondary N) is 1. The van der Waals surface area contributed by atoms with Crippen molar-refractivity contribution in [3.63, 3.8) is 0 Å². The standard InChI is InChI=1S/C20H19N3O6/c24-11-14-16(21-18(25)15(22-29)12-7-3-1-4-8-12)19(26)23(14)17(20(27)28)13-9-5-2-6-10-13/h1-10,14,16-17,24,29H,11H2,(H,21,25)(H,27,28). The fraction of sp³-hybridized carbons (Fsp3) is 0.200. The van der Waals surface area contributed by atoms with Crippen molar-refractivity contribution in [1.82, 2.24) is 10.2 Å². The molecule has 0 radical (unpaired) electrons. The predicted molar refractivity (Wildman–Crippen MR) is 101 cm³/mol. The van der Waals surface area contributed by atoms with Gasteiger partial charge in [-0.1, -0.05) is 65.8 Å². The first kappa shape index (κ1) is 20.0. The van der Waals surface area contributed by atoms with Crippen LogP contribution in [0, 0.1) is 0 Å². The van der Waals surface area contributed by atoms with Crippen molar-refractivity contribution in [1.29, 1.82) is 0 Å². The van der Waals surface area contributed by atoms with Gasteiger partial charge in [0.1, 0.15) is 6.04 Å². The maximum Gasteiger partial charge on any atom is 0.331 e. The number of hydrogen-bond donors (Lipinski definition) is 4. The van der Waals surface area contributed by atoms with Gasteiger partial charge >= 0.3 is 5.97 Å². The van der Waals surface area contributed by atoms with Crippen molar-refractivity contribution < 1.29 is 29.8 Å². The molecule has 2 aromatic carbocycles. The van der Waals surface area contributed by atoms with Gasteiger partial charge in [-0.2, -0.15) is 0 Å². The van der Waals surface area contributed by atoms with Crippen LogP contribution in [-0.4, -0.2) is 62.5 Å². The number of aliphatic carboxylic acids is 1. The molecule has 150 valence electrons. The topological polar surface area (TPSA) is 140 Å². The Bertz CT molecular complexity index is 932. The Morgan fingerprint density at radius 2 is 1.66 bits per heavy atom. The first-order chi connectivity index (χ1) is 14.0. The Labute approximate surface area is 165 Å². The highest BCUT2D eigenvalue weighted by atomic mass is 16.4. The van der Waals surface area contributed by atoms with Crippen LogP contribution in [0.2, 0.25) is 0 Å². The van der Waals surface area contributed by atoms with Crippen LogP contribution in [0.15, 0.2) is 65.8 Å². The fourth-order valence-corrected chi connectivity index (χ4v) is 3.33. The quantitative estimate of drug-likeness (QED) is 0.230. The molecule has 2 aromatic rings. The van der Waals surface area contributed by atoms with E-state index in [-0.39, 0.29) is 5.71 Å². The lowest BCUT2D eigenvalue weighted by Crippen LogP contribution is -2.73. The van der Waals surface area contributed by atoms with Gasteiger partial charge in [0.2, 0.25) is 5.91 Å². The van der Waals surface area contributed by atoms with Crippen LogP contribution in [-0.2, 0) is 14.4 Å². The normalized spacial score (nSPS) is 20.0. The summed E-state index contributed by atoms with van der Waals surface area (Å²) in [5, 5.41) is 34.0. The number of benzene rings is 2. The smallest absolute Gasteiger partial charge is 0.331 e. The molecule has 9 heteroatoms. The molecule has 9 nitrogen and oxygen atoms in total. The van der Waals surface area contributed by atoms with Gasteiger partial charge in [-0.3, -0.25) is 9.59 Å². The van der Waals surface area contributed by atoms with E-state index in [1.165, 1.54) is 0 Å². The van der Waals surface area contributed by atoms with Gasteiger partial charge in [-0.15, -0.1) is 0 Å². The van der Waals surface area contributed by atoms with Crippen LogP contribution < -0.4 is 5.32 Å². The number of aliphatic hydroxyl groups is 1. The van der Waals surface area contributed by atoms with Gasteiger partial charge in [-0.25, -0.2) is 4.79 Å². The molecule has 4 N–H and O–H groups in total. The third-order valence-electron chi connectivity index (χ3n) is 4.73. The number of carbonyl (C=O) groups excluding carboxylic acids is 2. The van der Waals surface area contributed by atoms with Crippen molar-refractivity contribution in [2.75, 3.05) is 6.61 Å². The van der Waals surface area contributed by atoms with E-state index in [0.717, 1.165) is 4.90 Å². The van der Waals surface area contributed by atoms with Crippen molar-refractivity contribution in [3.05, 3.63) is 71.8 Å². The summed E-state index contributed by atoms with van der Waals surface area (Å²) in [4.78, 5) is 38.0. The maximum absolute atomic E-state index is 12.7. The van der Waals surface area contributed by atoms with E-state index in [0.29, 0.717) is 11.1 Å². The maximum atomic E-state index is 12.7. The van der Waals surface area contributed by atoms with E-state index in [1.807, 2.05) is 0 Å². The zero-order valence-electron chi connectivity index (χ0n) is 15.2. The molecule has 1 fully saturated rings. The Balaban J connectivity index is 1.80. The van der Waals surface area contributed by atoms with Crippen LogP contribution in [0.1, 0.15) is 17.2 Å². The predicted octanol–water partition coefficient (Wildman–Crippen LogP) is 0.379. The second-order valence-electron chi connectivity index (χ2n) is 6.41. The lowest BCUT2D eigenvalue weighted by atomic mass is 9.90. The lowest BCUT2D eigenvalue weighted by Gasteiger charge is -2.49. The second kappa shape index (κ2) is 8.53. The van der Waals surface area contributed by atoms with Crippen LogP contribution in [0.25, 0.3) is 0 Å². The minimum absolute atomic E-state index is 0.300. The second-order valence-corrected chi connectivity index (χ2v) is 6.41. The number of oxime groups is 1. The van der Waals surface area contributed by atoms with E-state index < -0.39 is 42.5 Å². The molecule has 0 bridgehead atoms. The van der Waals surface area contributed by atoms with Gasteiger partial charge in [0.05, 0.1) is 12.6 Å². The minimum Gasteiger partial charge on any atom is -0.479 e. The molecular weight excluding hydrogens is 378 g/mol. The van der Waals surface area contributed by atoms with E-state index in [1.54, 1.807) is 60.7 Å². The molecule has 3 unspecified atom stereocenters. The van der Waals surface area contributed by atoms with Crippen molar-refractivity contribution >= 4 is 23.5 Å². The molecule has 1 aliphatic heterocycles. The number of nitrogens with zero attached hydrogens (tertiary/aromatic N) is 2. The number of carboxylic acid groups (broad SMARTS) is 1. The zero-order valence-corrected chi connectivity index (χ0v) is 15.2. The molecule has 1 saturated heterocycles. The van der Waals surface area contributed by atoms with Crippen LogP contribution in [0.3, 0.4) is 0 Å². The van der Waals surface area contributed by atoms with Gasteiger partial charge in [0.15, 0.2) is 11.8 Å². The first-order valence-electron chi connectivity index (χ1n) is 8.78. The molecule has 1 aliphatic rings. The van der Waals surface area contributed by atoms with E-state index >= 15 is 0 Å². The molecule has 3 rings (SSSR count). The molecule has 0 saturated carbocycles. The average Bonchev–Trinajstić information content (AvgIpc) is 2.74. The molecule has 29 heavy (non-hydrogen) atoms. The first-order valence-corrected chi connectivity index (χ1v) is 8.78. The monoisotopic (exact) mass is 397 g/mol. The highest BCUT2D eigenvalue weighted by Gasteiger charge is 2.53. The van der Waals surface area contributed by atoms with Crippen LogP contribution in [0.4, 0.5) is 0 Å². The molecule has 0 spiro atoms. The summed E-state index contributed by atoms with van der Waals surface area (Å²) in [7, 11) is 0. The van der Waals surface area contributed by atoms with Gasteiger partial charge in [-0.05, 0) is 5.56 Å². The van der Waals surface area contributed by atoms with Crippen molar-refractivity contribution in [2.45, 2.75) is 18.1 Å². The number of likely N-dealkylation sites (tertiary alicyclic amines) is 1. The number of amides is 2. The Morgan fingerprint density at radius 3 is 2.17 bits per heavy atom. The molecular formula is C20H19N3O6. The third-order valence-corrected chi connectivity index (χ3v) is 4.73. The number of carbonyl (C=O) groups is 3. The molecule has 3 atom stereocenters. The van der Waals surface area contributed by atoms with E-state index in [2.05, 4.69) is 10.5 Å². The number of hydrogen-bond acceptors (Lipinski definition) is 6. The summed E-state index contributed by atoms with van der Waals surface area (Å²) in [6.07, 6.45) is 0. The lowest BCUT2D eigenvalue weighted by molar-refractivity contribution is -0.169. The highest BCUT2D eigenvalue weighted by molar-refractivity contribution is 6.45. The van der Waals surface area contributed by atoms with E-state index in [4.69, 9.17) is 0 Å². The Kier molecular flexibility index (Phi) is 5.89. The summed E-state index contributed by atoms with van der Waals surface area (Å²) in [6.45, 7) is -0.551. The summed E-state index contributed by atoms with van der Waals surface area (Å²) in [6, 6.07) is 12.9. The van der Waals surface area contributed by atoms with Crippen LogP contribution in [0.5, 0.6) is 0 Å². The number of β-lactam (4-membered cyclic amide) rings is 1. The number of carboxylic acids is 1. The molecule has 0 aliphatic carbocycles. The summed E-state index contributed by atoms with van der Waals surface area (Å²) >= 11 is 0. The number of aliphatic hydroxyl groups excluding tert-OH is 1. The Hall–Kier alpha value is -3.72. The van der Waals surface area contributed by atoms with Crippen molar-refractivity contribution in [3.8, 4) is 0 Å². The zero-order chi connectivity index (χ0) is 21.0. The van der Waals surface area contributed by atoms with E-state index in [9.17, 15) is 29.8 Å². The minimum atomic E-state index is -1.30. The van der Waals surface area contributed by atoms with Crippen molar-refractivity contribution in [2.24, 2.45) is 5.16 Å². The Morgan fingerprint density at radius 1 is 1.07 bits per heavy atom. The van der Waals surface area contributed by atoms with Crippen LogP contribution >= 0.6 is 0 Å². The third kappa shape index (κ3) is 3.81. The average molecular weight is 397 g/mol. The molecule has 2 amide bonds. The summed E-state index contributed by atoms with van der Waals surface area (Å²) < 4.78 is 0. The van der Waals surface area contributed by atoms with Gasteiger partial charge in [0, 0.05) is 5.56 Å². The summed E-state index contributed by atoms with van der Waals surface area (Å²) in [5.74, 6) is -2.73. The number of rotatable bonds is 7. The van der Waals surface area contributed by atoms with Gasteiger partial charge < -0.3 is 25.6 Å². The summed E-state index contributed by atoms with van der Waals surface area (Å²) in [5.41, 5.74) is 0.411. The largest absolute Gasteiger partial charge is 0.479 e.